The van der Waals surface area contributed by atoms with Gasteiger partial charge >= 0.3 is 5.97 Å². The third-order valence-electron chi connectivity index (χ3n) is 3.42. The van der Waals surface area contributed by atoms with Gasteiger partial charge in [0.1, 0.15) is 17.5 Å². The van der Waals surface area contributed by atoms with Crippen LogP contribution in [0, 0.1) is 5.92 Å². The van der Waals surface area contributed by atoms with E-state index in [0.29, 0.717) is 17.9 Å². The Morgan fingerprint density at radius 2 is 1.95 bits per heavy atom. The van der Waals surface area contributed by atoms with E-state index in [0.717, 1.165) is 0 Å². The molecule has 1 aromatic carbocycles. The first-order valence-electron chi connectivity index (χ1n) is 6.70. The highest BCUT2D eigenvalue weighted by Crippen LogP contribution is 2.24. The molecule has 6 heteroatoms. The normalized spacial score (nSPS) is 13.1. The quantitative estimate of drug-likeness (QED) is 0.803. The molecule has 1 rings (SSSR count). The van der Waals surface area contributed by atoms with E-state index in [1.54, 1.807) is 25.1 Å². The first kappa shape index (κ1) is 16.8. The van der Waals surface area contributed by atoms with Crippen molar-refractivity contribution < 1.29 is 24.2 Å². The number of hydrogen-bond donors (Lipinski definition) is 2. The Hall–Kier alpha value is -2.24. The van der Waals surface area contributed by atoms with Crippen LogP contribution in [0.3, 0.4) is 0 Å². The third-order valence-corrected chi connectivity index (χ3v) is 3.42. The summed E-state index contributed by atoms with van der Waals surface area (Å²) in [5.41, 5.74) is 0.271. The smallest absolute Gasteiger partial charge is 0.326 e. The molecule has 0 heterocycles. The van der Waals surface area contributed by atoms with Crippen LogP contribution in [-0.2, 0) is 4.79 Å². The number of carboxylic acids is 1. The molecular formula is C15H21NO5. The molecule has 1 unspecified atom stereocenters. The number of nitrogens with one attached hydrogen (secondary N) is 1. The molecule has 0 aliphatic heterocycles. The molecule has 0 fully saturated rings. The molecule has 2 atom stereocenters. The molecule has 0 saturated heterocycles. The van der Waals surface area contributed by atoms with Crippen LogP contribution in [0.25, 0.3) is 0 Å². The zero-order chi connectivity index (χ0) is 16.0. The summed E-state index contributed by atoms with van der Waals surface area (Å²) in [4.78, 5) is 23.5. The average molecular weight is 295 g/mol. The fraction of sp³-hybridized carbons (Fsp3) is 0.467. The fourth-order valence-electron chi connectivity index (χ4n) is 1.89. The number of rotatable bonds is 7. The number of ether oxygens (including phenoxy) is 2. The van der Waals surface area contributed by atoms with Crippen LogP contribution in [0.4, 0.5) is 0 Å². The molecular weight excluding hydrogens is 274 g/mol. The summed E-state index contributed by atoms with van der Waals surface area (Å²) in [6.07, 6.45) is 0.650. The molecule has 6 nitrogen and oxygen atoms in total. The monoisotopic (exact) mass is 295 g/mol. The van der Waals surface area contributed by atoms with Gasteiger partial charge < -0.3 is 19.9 Å². The van der Waals surface area contributed by atoms with Crippen LogP contribution in [0.1, 0.15) is 30.6 Å². The van der Waals surface area contributed by atoms with Crippen molar-refractivity contribution in [2.24, 2.45) is 5.92 Å². The number of amides is 1. The number of hydrogen-bond acceptors (Lipinski definition) is 4. The van der Waals surface area contributed by atoms with E-state index in [9.17, 15) is 14.7 Å². The molecule has 21 heavy (non-hydrogen) atoms. The van der Waals surface area contributed by atoms with Crippen molar-refractivity contribution in [3.63, 3.8) is 0 Å². The molecule has 0 spiro atoms. The molecule has 116 valence electrons. The number of carboxylic acid groups (broad SMARTS) is 1. The van der Waals surface area contributed by atoms with E-state index < -0.39 is 17.9 Å². The fourth-order valence-corrected chi connectivity index (χ4v) is 1.89. The van der Waals surface area contributed by atoms with Crippen molar-refractivity contribution in [1.29, 1.82) is 0 Å². The maximum Gasteiger partial charge on any atom is 0.326 e. The summed E-state index contributed by atoms with van der Waals surface area (Å²) in [7, 11) is 2.95. The summed E-state index contributed by atoms with van der Waals surface area (Å²) >= 11 is 0. The summed E-state index contributed by atoms with van der Waals surface area (Å²) in [6, 6.07) is 3.81. The number of methoxy groups -OCH3 is 2. The second kappa shape index (κ2) is 7.52. The van der Waals surface area contributed by atoms with E-state index in [2.05, 4.69) is 5.32 Å². The molecule has 0 saturated carbocycles. The standard InChI is InChI=1S/C15H21NO5/c1-5-9(2)13(15(18)19)16-14(17)11-7-6-10(20-3)8-12(11)21-4/h6-9,13H,5H2,1-4H3,(H,16,17)(H,18,19)/t9?,13-/m0/s1. The molecule has 0 bridgehead atoms. The lowest BCUT2D eigenvalue weighted by atomic mass is 9.99. The highest BCUT2D eigenvalue weighted by molar-refractivity contribution is 5.99. The molecule has 2 N–H and O–H groups in total. The van der Waals surface area contributed by atoms with Gasteiger partial charge in [-0.3, -0.25) is 4.79 Å². The van der Waals surface area contributed by atoms with Crippen LogP contribution in [-0.4, -0.2) is 37.2 Å². The number of carbonyl (C=O) groups excluding carboxylic acids is 1. The average Bonchev–Trinajstić information content (AvgIpc) is 2.50. The van der Waals surface area contributed by atoms with E-state index >= 15 is 0 Å². The molecule has 0 aliphatic rings. The second-order valence-corrected chi connectivity index (χ2v) is 4.74. The lowest BCUT2D eigenvalue weighted by molar-refractivity contribution is -0.140. The molecule has 0 radical (unpaired) electrons. The Kier molecular flexibility index (Phi) is 6.02. The van der Waals surface area contributed by atoms with Crippen molar-refractivity contribution in [1.82, 2.24) is 5.32 Å². The Labute approximate surface area is 124 Å². The molecule has 1 amide bonds. The number of carbonyl (C=O) groups is 2. The largest absolute Gasteiger partial charge is 0.497 e. The lowest BCUT2D eigenvalue weighted by Gasteiger charge is -2.20. The van der Waals surface area contributed by atoms with Crippen LogP contribution in [0.15, 0.2) is 18.2 Å². The van der Waals surface area contributed by atoms with Gasteiger partial charge in [-0.2, -0.15) is 0 Å². The van der Waals surface area contributed by atoms with Crippen LogP contribution in [0.5, 0.6) is 11.5 Å². The molecule has 0 aliphatic carbocycles. The van der Waals surface area contributed by atoms with E-state index in [1.165, 1.54) is 14.2 Å². The number of benzene rings is 1. The van der Waals surface area contributed by atoms with Gasteiger partial charge in [-0.15, -0.1) is 0 Å². The van der Waals surface area contributed by atoms with Crippen LogP contribution in [0.2, 0.25) is 0 Å². The van der Waals surface area contributed by atoms with E-state index in [-0.39, 0.29) is 11.5 Å². The van der Waals surface area contributed by atoms with Crippen molar-refractivity contribution in [3.8, 4) is 11.5 Å². The number of aliphatic carboxylic acids is 1. The van der Waals surface area contributed by atoms with E-state index in [4.69, 9.17) is 9.47 Å². The summed E-state index contributed by atoms with van der Waals surface area (Å²) < 4.78 is 10.2. The minimum absolute atomic E-state index is 0.171. The van der Waals surface area contributed by atoms with Crippen molar-refractivity contribution >= 4 is 11.9 Å². The molecule has 0 aromatic heterocycles. The Bertz CT molecular complexity index is 515. The predicted octanol–water partition coefficient (Wildman–Crippen LogP) is 1.93. The van der Waals surface area contributed by atoms with Gasteiger partial charge in [0.25, 0.3) is 5.91 Å². The zero-order valence-electron chi connectivity index (χ0n) is 12.7. The highest BCUT2D eigenvalue weighted by Gasteiger charge is 2.26. The van der Waals surface area contributed by atoms with E-state index in [1.807, 2.05) is 6.92 Å². The van der Waals surface area contributed by atoms with Gasteiger partial charge in [0.2, 0.25) is 0 Å². The Morgan fingerprint density at radius 3 is 2.43 bits per heavy atom. The first-order chi connectivity index (χ1) is 9.94. The second-order valence-electron chi connectivity index (χ2n) is 4.74. The Morgan fingerprint density at radius 1 is 1.29 bits per heavy atom. The van der Waals surface area contributed by atoms with Gasteiger partial charge in [0, 0.05) is 6.07 Å². The minimum atomic E-state index is -1.05. The van der Waals surface area contributed by atoms with Gasteiger partial charge in [0.05, 0.1) is 19.8 Å². The van der Waals surface area contributed by atoms with Gasteiger partial charge in [-0.05, 0) is 18.1 Å². The zero-order valence-corrected chi connectivity index (χ0v) is 12.7. The van der Waals surface area contributed by atoms with Crippen LogP contribution < -0.4 is 14.8 Å². The first-order valence-corrected chi connectivity index (χ1v) is 6.70. The topological polar surface area (TPSA) is 84.9 Å². The molecule has 1 aromatic rings. The van der Waals surface area contributed by atoms with Gasteiger partial charge in [-0.1, -0.05) is 20.3 Å². The minimum Gasteiger partial charge on any atom is -0.497 e. The van der Waals surface area contributed by atoms with Gasteiger partial charge in [-0.25, -0.2) is 4.79 Å². The maximum atomic E-state index is 12.3. The summed E-state index contributed by atoms with van der Waals surface area (Å²) in [5, 5.41) is 11.7. The van der Waals surface area contributed by atoms with Crippen molar-refractivity contribution in [3.05, 3.63) is 23.8 Å². The Balaban J connectivity index is 3.00. The third kappa shape index (κ3) is 4.11. The van der Waals surface area contributed by atoms with Gasteiger partial charge in [0.15, 0.2) is 0 Å². The summed E-state index contributed by atoms with van der Waals surface area (Å²) in [5.74, 6) is -0.816. The SMILES string of the molecule is CCC(C)[C@H](NC(=O)c1ccc(OC)cc1OC)C(=O)O. The predicted molar refractivity (Wildman–Crippen MR) is 77.9 cm³/mol. The maximum absolute atomic E-state index is 12.3. The van der Waals surface area contributed by atoms with Crippen molar-refractivity contribution in [2.45, 2.75) is 26.3 Å². The highest BCUT2D eigenvalue weighted by atomic mass is 16.5. The van der Waals surface area contributed by atoms with Crippen molar-refractivity contribution in [2.75, 3.05) is 14.2 Å². The van der Waals surface area contributed by atoms with Crippen LogP contribution >= 0.6 is 0 Å². The lowest BCUT2D eigenvalue weighted by Crippen LogP contribution is -2.45. The summed E-state index contributed by atoms with van der Waals surface area (Å²) in [6.45, 7) is 3.66.